The van der Waals surface area contributed by atoms with E-state index in [4.69, 9.17) is 0 Å². The molecule has 11 heavy (non-hydrogen) atoms. The highest BCUT2D eigenvalue weighted by atomic mass is 19.1. The molecule has 0 spiro atoms. The third-order valence-corrected chi connectivity index (χ3v) is 0.944. The van der Waals surface area contributed by atoms with Gasteiger partial charge < -0.3 is 9.22 Å². The van der Waals surface area contributed by atoms with E-state index in [0.29, 0.717) is 4.48 Å². The summed E-state index contributed by atoms with van der Waals surface area (Å²) in [6.45, 7) is -0.457. The van der Waals surface area contributed by atoms with Gasteiger partial charge in [-0.1, -0.05) is 0 Å². The SMILES string of the molecule is C[N+](C)(C)CC(=O)OCCF. The maximum atomic E-state index is 11.5. The van der Waals surface area contributed by atoms with E-state index in [1.807, 2.05) is 21.1 Å². The van der Waals surface area contributed by atoms with Gasteiger partial charge in [0.05, 0.1) is 21.1 Å². The summed E-state index contributed by atoms with van der Waals surface area (Å²) in [5.74, 6) is -0.352. The molecule has 0 aromatic heterocycles. The first kappa shape index (κ1) is 10.4. The van der Waals surface area contributed by atoms with Crippen LogP contribution in [0.4, 0.5) is 4.39 Å². The molecular formula is C7H15FNO2+. The first-order valence-corrected chi connectivity index (χ1v) is 3.48. The Hall–Kier alpha value is -0.640. The van der Waals surface area contributed by atoms with Crippen molar-refractivity contribution < 1.29 is 18.4 Å². The lowest BCUT2D eigenvalue weighted by Gasteiger charge is -2.21. The summed E-state index contributed by atoms with van der Waals surface area (Å²) < 4.78 is 16.5. The minimum Gasteiger partial charge on any atom is -0.459 e. The molecule has 0 aromatic rings. The molecule has 0 heterocycles. The maximum Gasteiger partial charge on any atom is 0.361 e. The van der Waals surface area contributed by atoms with Gasteiger partial charge in [-0.15, -0.1) is 0 Å². The quantitative estimate of drug-likeness (QED) is 0.438. The fourth-order valence-electron chi connectivity index (χ4n) is 0.585. The molecule has 0 unspecified atom stereocenters. The van der Waals surface area contributed by atoms with Gasteiger partial charge >= 0.3 is 5.97 Å². The minimum atomic E-state index is -0.608. The lowest BCUT2D eigenvalue weighted by Crippen LogP contribution is -2.40. The van der Waals surface area contributed by atoms with E-state index in [1.165, 1.54) is 0 Å². The summed E-state index contributed by atoms with van der Waals surface area (Å²) in [6, 6.07) is 0. The van der Waals surface area contributed by atoms with Gasteiger partial charge in [-0.3, -0.25) is 0 Å². The summed E-state index contributed by atoms with van der Waals surface area (Å²) in [6.07, 6.45) is 0. The lowest BCUT2D eigenvalue weighted by atomic mass is 10.5. The van der Waals surface area contributed by atoms with E-state index in [2.05, 4.69) is 4.74 Å². The monoisotopic (exact) mass is 164 g/mol. The van der Waals surface area contributed by atoms with Crippen LogP contribution in [0.2, 0.25) is 0 Å². The molecule has 0 amide bonds. The van der Waals surface area contributed by atoms with E-state index in [9.17, 15) is 9.18 Å². The summed E-state index contributed by atoms with van der Waals surface area (Å²) in [5.41, 5.74) is 0. The van der Waals surface area contributed by atoms with E-state index >= 15 is 0 Å². The third kappa shape index (κ3) is 7.25. The number of rotatable bonds is 4. The molecule has 0 atom stereocenters. The number of carbonyl (C=O) groups is 1. The van der Waals surface area contributed by atoms with Crippen molar-refractivity contribution in [3.05, 3.63) is 0 Å². The van der Waals surface area contributed by atoms with Gasteiger partial charge in [0.25, 0.3) is 0 Å². The van der Waals surface area contributed by atoms with Gasteiger partial charge in [-0.2, -0.15) is 0 Å². The van der Waals surface area contributed by atoms with Gasteiger partial charge in [0.2, 0.25) is 0 Å². The molecule has 0 aromatic carbocycles. The molecule has 0 rings (SSSR count). The van der Waals surface area contributed by atoms with Gasteiger partial charge in [0.15, 0.2) is 6.54 Å². The average molecular weight is 164 g/mol. The fourth-order valence-corrected chi connectivity index (χ4v) is 0.585. The van der Waals surface area contributed by atoms with Crippen LogP contribution in [0.15, 0.2) is 0 Å². The Morgan fingerprint density at radius 2 is 2.00 bits per heavy atom. The topological polar surface area (TPSA) is 26.3 Å². The van der Waals surface area contributed by atoms with Crippen LogP contribution in [0, 0.1) is 0 Å². The first-order valence-electron chi connectivity index (χ1n) is 3.48. The van der Waals surface area contributed by atoms with Gasteiger partial charge in [0.1, 0.15) is 13.3 Å². The second-order valence-corrected chi connectivity index (χ2v) is 3.36. The molecule has 0 bridgehead atoms. The molecule has 4 heteroatoms. The Morgan fingerprint density at radius 3 is 2.36 bits per heavy atom. The van der Waals surface area contributed by atoms with E-state index in [1.54, 1.807) is 0 Å². The number of quaternary nitrogens is 1. The molecular weight excluding hydrogens is 149 g/mol. The van der Waals surface area contributed by atoms with Crippen LogP contribution in [0.5, 0.6) is 0 Å². The molecule has 0 saturated heterocycles. The number of alkyl halides is 1. The number of carbonyl (C=O) groups excluding carboxylic acids is 1. The number of halogens is 1. The zero-order chi connectivity index (χ0) is 8.91. The molecule has 0 fully saturated rings. The molecule has 3 nitrogen and oxygen atoms in total. The van der Waals surface area contributed by atoms with Crippen LogP contribution >= 0.6 is 0 Å². The standard InChI is InChI=1S/C7H15FNO2/c1-9(2,3)6-7(10)11-5-4-8/h4-6H2,1-3H3/q+1. The Morgan fingerprint density at radius 1 is 1.45 bits per heavy atom. The molecule has 0 N–H and O–H groups in total. The van der Waals surface area contributed by atoms with Crippen molar-refractivity contribution in [2.75, 3.05) is 41.0 Å². The van der Waals surface area contributed by atoms with Crippen molar-refractivity contribution in [1.82, 2.24) is 0 Å². The van der Waals surface area contributed by atoms with Crippen LogP contribution in [-0.4, -0.2) is 51.4 Å². The smallest absolute Gasteiger partial charge is 0.361 e. The van der Waals surface area contributed by atoms with Crippen molar-refractivity contribution in [3.63, 3.8) is 0 Å². The number of hydrogen-bond donors (Lipinski definition) is 0. The second kappa shape index (κ2) is 4.28. The molecule has 0 aliphatic carbocycles. The Labute approximate surface area is 66.3 Å². The predicted molar refractivity (Wildman–Crippen MR) is 39.8 cm³/mol. The highest BCUT2D eigenvalue weighted by Gasteiger charge is 2.14. The van der Waals surface area contributed by atoms with Crippen molar-refractivity contribution in [1.29, 1.82) is 0 Å². The number of esters is 1. The Balaban J connectivity index is 3.53. The normalized spacial score (nSPS) is 11.3. The maximum absolute atomic E-state index is 11.5. The highest BCUT2D eigenvalue weighted by molar-refractivity contribution is 5.70. The number of nitrogens with zero attached hydrogens (tertiary/aromatic N) is 1. The summed E-state index contributed by atoms with van der Waals surface area (Å²) in [5, 5.41) is 0. The van der Waals surface area contributed by atoms with Crippen LogP contribution in [0.1, 0.15) is 0 Å². The van der Waals surface area contributed by atoms with Crippen LogP contribution in [-0.2, 0) is 9.53 Å². The van der Waals surface area contributed by atoms with Gasteiger partial charge in [-0.25, -0.2) is 9.18 Å². The van der Waals surface area contributed by atoms with E-state index < -0.39 is 6.67 Å². The second-order valence-electron chi connectivity index (χ2n) is 3.36. The average Bonchev–Trinajstić information content (AvgIpc) is 1.79. The number of ether oxygens (including phenoxy) is 1. The predicted octanol–water partition coefficient (Wildman–Crippen LogP) is 0.205. The first-order chi connectivity index (χ1) is 4.95. The van der Waals surface area contributed by atoms with E-state index in [0.717, 1.165) is 0 Å². The van der Waals surface area contributed by atoms with Crippen LogP contribution < -0.4 is 0 Å². The zero-order valence-corrected chi connectivity index (χ0v) is 7.26. The number of hydrogen-bond acceptors (Lipinski definition) is 2. The lowest BCUT2D eigenvalue weighted by molar-refractivity contribution is -0.862. The molecule has 66 valence electrons. The molecule has 0 saturated carbocycles. The number of likely N-dealkylation sites (N-methyl/N-ethyl adjacent to an activating group) is 1. The Kier molecular flexibility index (Phi) is 4.03. The molecule has 0 aliphatic rings. The molecule has 0 aliphatic heterocycles. The molecule has 0 radical (unpaired) electrons. The van der Waals surface area contributed by atoms with Gasteiger partial charge in [0, 0.05) is 0 Å². The fraction of sp³-hybridized carbons (Fsp3) is 0.857. The van der Waals surface area contributed by atoms with Crippen LogP contribution in [0.3, 0.4) is 0 Å². The summed E-state index contributed by atoms with van der Waals surface area (Å²) in [7, 11) is 5.62. The van der Waals surface area contributed by atoms with Crippen molar-refractivity contribution in [2.24, 2.45) is 0 Å². The van der Waals surface area contributed by atoms with Crippen molar-refractivity contribution >= 4 is 5.97 Å². The summed E-state index contributed by atoms with van der Waals surface area (Å²) >= 11 is 0. The third-order valence-electron chi connectivity index (χ3n) is 0.944. The van der Waals surface area contributed by atoms with Crippen molar-refractivity contribution in [3.8, 4) is 0 Å². The van der Waals surface area contributed by atoms with Crippen LogP contribution in [0.25, 0.3) is 0 Å². The largest absolute Gasteiger partial charge is 0.459 e. The zero-order valence-electron chi connectivity index (χ0n) is 7.26. The minimum absolute atomic E-state index is 0.126. The highest BCUT2D eigenvalue weighted by Crippen LogP contribution is 1.91. The van der Waals surface area contributed by atoms with E-state index in [-0.39, 0.29) is 19.1 Å². The Bertz CT molecular complexity index is 131. The summed E-state index contributed by atoms with van der Waals surface area (Å²) in [4.78, 5) is 10.8. The van der Waals surface area contributed by atoms with Crippen molar-refractivity contribution in [2.45, 2.75) is 0 Å². The van der Waals surface area contributed by atoms with Gasteiger partial charge in [-0.05, 0) is 0 Å².